The zero-order valence-electron chi connectivity index (χ0n) is 8.80. The molecule has 0 heterocycles. The molecule has 1 aromatic carbocycles. The molecule has 0 atom stereocenters. The van der Waals surface area contributed by atoms with Gasteiger partial charge in [-0.1, -0.05) is 42.8 Å². The third kappa shape index (κ3) is 1.66. The van der Waals surface area contributed by atoms with E-state index in [1.165, 1.54) is 24.0 Å². The molecule has 0 fully saturated rings. The number of hydrogen-bond donors (Lipinski definition) is 0. The molecule has 0 bridgehead atoms. The Bertz CT molecular complexity index is 305. The van der Waals surface area contributed by atoms with Gasteiger partial charge in [0.05, 0.1) is 0 Å². The molecule has 0 saturated heterocycles. The first-order valence-corrected chi connectivity index (χ1v) is 4.17. The largest absolute Gasteiger partial charge is 1.00 e. The van der Waals surface area contributed by atoms with Crippen LogP contribution in [0.2, 0.25) is 0 Å². The van der Waals surface area contributed by atoms with Crippen LogP contribution in [0.4, 0.5) is 0 Å². The molecule has 1 heteroatoms. The van der Waals surface area contributed by atoms with Crippen molar-refractivity contribution in [1.29, 1.82) is 0 Å². The number of hydrogen-bond acceptors (Lipinski definition) is 0. The van der Waals surface area contributed by atoms with Crippen molar-refractivity contribution in [2.24, 2.45) is 0 Å². The van der Waals surface area contributed by atoms with E-state index in [1.807, 2.05) is 0 Å². The van der Waals surface area contributed by atoms with E-state index in [4.69, 9.17) is 0 Å². The van der Waals surface area contributed by atoms with Crippen molar-refractivity contribution in [2.75, 3.05) is 0 Å². The van der Waals surface area contributed by atoms with Crippen LogP contribution in [-0.4, -0.2) is 0 Å². The van der Waals surface area contributed by atoms with Gasteiger partial charge in [0.2, 0.25) is 0 Å². The fourth-order valence-electron chi connectivity index (χ4n) is 1.58. The minimum Gasteiger partial charge on any atom is -1.00 e. The Labute approximate surface area is 87.3 Å². The van der Waals surface area contributed by atoms with E-state index >= 15 is 0 Å². The van der Waals surface area contributed by atoms with Crippen LogP contribution in [0.1, 0.15) is 25.9 Å². The SMILES string of the molecule is CCC1=Cc2ccccc2C1.[H-].[Li+]. The third-order valence-corrected chi connectivity index (χ3v) is 2.29. The van der Waals surface area contributed by atoms with Crippen LogP contribution >= 0.6 is 0 Å². The topological polar surface area (TPSA) is 0 Å². The molecule has 58 valence electrons. The Kier molecular flexibility index (Phi) is 3.20. The molecular formula is C11H13Li. The van der Waals surface area contributed by atoms with Crippen molar-refractivity contribution in [1.82, 2.24) is 0 Å². The van der Waals surface area contributed by atoms with Gasteiger partial charge < -0.3 is 1.43 Å². The van der Waals surface area contributed by atoms with E-state index in [2.05, 4.69) is 37.3 Å². The van der Waals surface area contributed by atoms with E-state index in [9.17, 15) is 0 Å². The van der Waals surface area contributed by atoms with E-state index in [0.717, 1.165) is 0 Å². The van der Waals surface area contributed by atoms with Crippen molar-refractivity contribution in [3.05, 3.63) is 41.0 Å². The molecule has 2 rings (SSSR count). The van der Waals surface area contributed by atoms with Gasteiger partial charge in [-0.15, -0.1) is 0 Å². The second-order valence-corrected chi connectivity index (χ2v) is 3.03. The zero-order chi connectivity index (χ0) is 7.68. The Morgan fingerprint density at radius 1 is 1.33 bits per heavy atom. The Morgan fingerprint density at radius 3 is 2.75 bits per heavy atom. The van der Waals surface area contributed by atoms with Gasteiger partial charge in [-0.2, -0.15) is 0 Å². The molecule has 1 aliphatic rings. The second-order valence-electron chi connectivity index (χ2n) is 3.03. The van der Waals surface area contributed by atoms with Crippen molar-refractivity contribution in [2.45, 2.75) is 19.8 Å². The summed E-state index contributed by atoms with van der Waals surface area (Å²) in [5.74, 6) is 0. The zero-order valence-corrected chi connectivity index (χ0v) is 7.80. The van der Waals surface area contributed by atoms with Gasteiger partial charge >= 0.3 is 18.9 Å². The van der Waals surface area contributed by atoms with E-state index in [-0.39, 0.29) is 20.3 Å². The van der Waals surface area contributed by atoms with Gasteiger partial charge in [-0.25, -0.2) is 0 Å². The van der Waals surface area contributed by atoms with Crippen molar-refractivity contribution in [3.63, 3.8) is 0 Å². The molecule has 0 spiro atoms. The predicted molar refractivity (Wildman–Crippen MR) is 49.5 cm³/mol. The summed E-state index contributed by atoms with van der Waals surface area (Å²) in [5.41, 5.74) is 4.47. The molecule has 12 heavy (non-hydrogen) atoms. The summed E-state index contributed by atoms with van der Waals surface area (Å²) < 4.78 is 0. The average Bonchev–Trinajstić information content (AvgIpc) is 2.46. The Balaban J connectivity index is 0.000000720. The molecule has 0 unspecified atom stereocenters. The second kappa shape index (κ2) is 3.98. The quantitative estimate of drug-likeness (QED) is 0.503. The minimum absolute atomic E-state index is 0. The predicted octanol–water partition coefficient (Wildman–Crippen LogP) is 0.153. The monoisotopic (exact) mass is 152 g/mol. The third-order valence-electron chi connectivity index (χ3n) is 2.29. The molecule has 0 amide bonds. The molecule has 0 N–H and O–H groups in total. The summed E-state index contributed by atoms with van der Waals surface area (Å²) in [5, 5.41) is 0. The minimum atomic E-state index is 0. The van der Waals surface area contributed by atoms with E-state index in [1.54, 1.807) is 5.57 Å². The molecule has 0 aliphatic heterocycles. The van der Waals surface area contributed by atoms with E-state index < -0.39 is 0 Å². The molecule has 0 radical (unpaired) electrons. The summed E-state index contributed by atoms with van der Waals surface area (Å²) in [6.07, 6.45) is 4.68. The Morgan fingerprint density at radius 2 is 2.08 bits per heavy atom. The molecule has 0 saturated carbocycles. The molecular weight excluding hydrogens is 139 g/mol. The summed E-state index contributed by atoms with van der Waals surface area (Å²) in [6.45, 7) is 2.22. The van der Waals surface area contributed by atoms with Gasteiger partial charge in [-0.05, 0) is 24.0 Å². The molecule has 1 aliphatic carbocycles. The van der Waals surface area contributed by atoms with Gasteiger partial charge in [0.25, 0.3) is 0 Å². The maximum absolute atomic E-state index is 2.31. The van der Waals surface area contributed by atoms with Crippen LogP contribution in [0.5, 0.6) is 0 Å². The average molecular weight is 152 g/mol. The van der Waals surface area contributed by atoms with Crippen LogP contribution in [0.15, 0.2) is 29.8 Å². The van der Waals surface area contributed by atoms with Crippen LogP contribution in [0.3, 0.4) is 0 Å². The van der Waals surface area contributed by atoms with Gasteiger partial charge in [0.15, 0.2) is 0 Å². The summed E-state index contributed by atoms with van der Waals surface area (Å²) in [7, 11) is 0. The van der Waals surface area contributed by atoms with Crippen molar-refractivity contribution < 1.29 is 20.3 Å². The van der Waals surface area contributed by atoms with E-state index in [0.29, 0.717) is 0 Å². The fourth-order valence-corrected chi connectivity index (χ4v) is 1.58. The molecule has 0 aromatic heterocycles. The fraction of sp³-hybridized carbons (Fsp3) is 0.273. The van der Waals surface area contributed by atoms with Gasteiger partial charge in [0, 0.05) is 0 Å². The normalized spacial score (nSPS) is 13.2. The first kappa shape index (κ1) is 9.64. The summed E-state index contributed by atoms with van der Waals surface area (Å²) in [6, 6.07) is 8.63. The first-order valence-electron chi connectivity index (χ1n) is 4.17. The summed E-state index contributed by atoms with van der Waals surface area (Å²) in [4.78, 5) is 0. The van der Waals surface area contributed by atoms with Gasteiger partial charge in [-0.3, -0.25) is 0 Å². The number of allylic oxidation sites excluding steroid dienone is 1. The maximum atomic E-state index is 2.31. The molecule has 0 nitrogen and oxygen atoms in total. The Hall–Kier alpha value is -0.443. The number of fused-ring (bicyclic) bond motifs is 1. The summed E-state index contributed by atoms with van der Waals surface area (Å²) >= 11 is 0. The molecule has 1 aromatic rings. The van der Waals surface area contributed by atoms with Crippen LogP contribution in [-0.2, 0) is 6.42 Å². The van der Waals surface area contributed by atoms with Gasteiger partial charge in [0.1, 0.15) is 0 Å². The standard InChI is InChI=1S/C11H12.Li.H/c1-2-9-7-10-5-3-4-6-11(10)8-9;;/h3-7H,2,8H2,1H3;;/q;+1;-1. The first-order chi connectivity index (χ1) is 5.40. The maximum Gasteiger partial charge on any atom is 1.00 e. The number of benzene rings is 1. The van der Waals surface area contributed by atoms with Crippen LogP contribution in [0, 0.1) is 0 Å². The van der Waals surface area contributed by atoms with Crippen molar-refractivity contribution in [3.8, 4) is 0 Å². The van der Waals surface area contributed by atoms with Crippen LogP contribution in [0.25, 0.3) is 6.08 Å². The number of rotatable bonds is 1. The van der Waals surface area contributed by atoms with Crippen molar-refractivity contribution >= 4 is 6.08 Å². The van der Waals surface area contributed by atoms with Crippen LogP contribution < -0.4 is 18.9 Å². The smallest absolute Gasteiger partial charge is 1.00 e.